The lowest BCUT2D eigenvalue weighted by atomic mass is 9.74. The minimum atomic E-state index is -0.372. The molecule has 3 aromatic rings. The fraction of sp³-hybridized carbons (Fsp3) is 0.455. The van der Waals surface area contributed by atoms with Crippen molar-refractivity contribution < 1.29 is 9.53 Å². The predicted molar refractivity (Wildman–Crippen MR) is 121 cm³/mol. The quantitative estimate of drug-likeness (QED) is 0.650. The Morgan fingerprint density at radius 1 is 1.39 bits per heavy atom. The van der Waals surface area contributed by atoms with Crippen LogP contribution in [0.5, 0.6) is 0 Å². The van der Waals surface area contributed by atoms with E-state index < -0.39 is 0 Å². The van der Waals surface area contributed by atoms with Crippen molar-refractivity contribution >= 4 is 39.4 Å². The number of thiophene rings is 1. The molecule has 0 bridgehead atoms. The first-order chi connectivity index (χ1) is 14.9. The van der Waals surface area contributed by atoms with E-state index in [1.165, 1.54) is 10.4 Å². The molecule has 162 valence electrons. The predicted octanol–water partition coefficient (Wildman–Crippen LogP) is 3.02. The molecule has 3 heterocycles. The van der Waals surface area contributed by atoms with Crippen LogP contribution in [0.1, 0.15) is 35.0 Å². The SMILES string of the molecule is COC1Cc2[nH]ncc2C=C1Nc1ncnc2sc3c(c12)CC[C@](C)(C(=O)N(C)C)C3. The number of amides is 1. The molecule has 3 aromatic heterocycles. The first-order valence-electron chi connectivity index (χ1n) is 10.4. The summed E-state index contributed by atoms with van der Waals surface area (Å²) in [5, 5.41) is 11.8. The zero-order valence-corrected chi connectivity index (χ0v) is 19.0. The lowest BCUT2D eigenvalue weighted by Gasteiger charge is -2.34. The molecule has 1 unspecified atom stereocenters. The molecular weight excluding hydrogens is 412 g/mol. The average Bonchev–Trinajstić information content (AvgIpc) is 3.35. The van der Waals surface area contributed by atoms with Crippen LogP contribution in [0.3, 0.4) is 0 Å². The molecule has 5 rings (SSSR count). The van der Waals surface area contributed by atoms with Crippen LogP contribution in [0, 0.1) is 5.41 Å². The Bertz CT molecular complexity index is 1200. The molecule has 0 aliphatic heterocycles. The fourth-order valence-corrected chi connectivity index (χ4v) is 6.11. The molecule has 2 atom stereocenters. The van der Waals surface area contributed by atoms with Gasteiger partial charge in [0.1, 0.15) is 23.1 Å². The number of nitrogens with one attached hydrogen (secondary N) is 2. The topological polar surface area (TPSA) is 96.0 Å². The van der Waals surface area contributed by atoms with Gasteiger partial charge in [0, 0.05) is 49.5 Å². The molecule has 2 aliphatic rings. The highest BCUT2D eigenvalue weighted by molar-refractivity contribution is 7.19. The molecule has 31 heavy (non-hydrogen) atoms. The van der Waals surface area contributed by atoms with Crippen LogP contribution in [-0.4, -0.2) is 58.3 Å². The van der Waals surface area contributed by atoms with Crippen LogP contribution in [0.25, 0.3) is 16.3 Å². The monoisotopic (exact) mass is 438 g/mol. The Labute approximate surface area is 184 Å². The average molecular weight is 439 g/mol. The second kappa shape index (κ2) is 7.42. The Morgan fingerprint density at radius 2 is 2.23 bits per heavy atom. The van der Waals surface area contributed by atoms with Gasteiger partial charge in [0.25, 0.3) is 0 Å². The summed E-state index contributed by atoms with van der Waals surface area (Å²) >= 11 is 1.68. The van der Waals surface area contributed by atoms with Gasteiger partial charge < -0.3 is 15.0 Å². The number of fused-ring (bicyclic) bond motifs is 4. The van der Waals surface area contributed by atoms with Gasteiger partial charge in [-0.25, -0.2) is 9.97 Å². The number of ether oxygens (including phenoxy) is 1. The zero-order valence-electron chi connectivity index (χ0n) is 18.2. The number of carbonyl (C=O) groups excluding carboxylic acids is 1. The van der Waals surface area contributed by atoms with Gasteiger partial charge in [-0.1, -0.05) is 6.92 Å². The number of H-pyrrole nitrogens is 1. The van der Waals surface area contributed by atoms with Crippen molar-refractivity contribution in [2.45, 2.75) is 38.7 Å². The highest BCUT2D eigenvalue weighted by Crippen LogP contribution is 2.45. The maximum absolute atomic E-state index is 12.8. The van der Waals surface area contributed by atoms with Gasteiger partial charge in [-0.15, -0.1) is 11.3 Å². The van der Waals surface area contributed by atoms with Crippen molar-refractivity contribution in [2.24, 2.45) is 5.41 Å². The second-order valence-electron chi connectivity index (χ2n) is 8.80. The van der Waals surface area contributed by atoms with E-state index in [9.17, 15) is 4.79 Å². The van der Waals surface area contributed by atoms with Crippen LogP contribution < -0.4 is 5.32 Å². The number of hydrogen-bond donors (Lipinski definition) is 2. The van der Waals surface area contributed by atoms with Crippen LogP contribution >= 0.6 is 11.3 Å². The van der Waals surface area contributed by atoms with E-state index in [1.807, 2.05) is 20.3 Å². The Morgan fingerprint density at radius 3 is 3.00 bits per heavy atom. The van der Waals surface area contributed by atoms with Crippen LogP contribution in [0.4, 0.5) is 5.82 Å². The number of aromatic amines is 1. The highest BCUT2D eigenvalue weighted by Gasteiger charge is 2.40. The summed E-state index contributed by atoms with van der Waals surface area (Å²) in [5.41, 5.74) is 3.99. The fourth-order valence-electron chi connectivity index (χ4n) is 4.73. The number of anilines is 1. The summed E-state index contributed by atoms with van der Waals surface area (Å²) < 4.78 is 5.72. The molecule has 2 N–H and O–H groups in total. The van der Waals surface area contributed by atoms with E-state index in [0.29, 0.717) is 0 Å². The Hall–Kier alpha value is -2.78. The van der Waals surface area contributed by atoms with E-state index >= 15 is 0 Å². The minimum Gasteiger partial charge on any atom is -0.375 e. The van der Waals surface area contributed by atoms with E-state index in [2.05, 4.69) is 38.5 Å². The first-order valence-corrected chi connectivity index (χ1v) is 11.2. The largest absolute Gasteiger partial charge is 0.375 e. The van der Waals surface area contributed by atoms with Crippen molar-refractivity contribution in [1.29, 1.82) is 0 Å². The number of rotatable bonds is 4. The first kappa shape index (κ1) is 20.1. The summed E-state index contributed by atoms with van der Waals surface area (Å²) in [6.07, 6.45) is 8.51. The third kappa shape index (κ3) is 3.32. The van der Waals surface area contributed by atoms with Gasteiger partial charge in [0.05, 0.1) is 17.0 Å². The third-order valence-corrected chi connectivity index (χ3v) is 7.56. The van der Waals surface area contributed by atoms with Crippen LogP contribution in [0.15, 0.2) is 18.2 Å². The number of carbonyl (C=O) groups is 1. The number of nitrogens with zero attached hydrogens (tertiary/aromatic N) is 4. The van der Waals surface area contributed by atoms with E-state index in [1.54, 1.807) is 29.7 Å². The summed E-state index contributed by atoms with van der Waals surface area (Å²) in [7, 11) is 5.38. The van der Waals surface area contributed by atoms with Crippen LogP contribution in [-0.2, 0) is 28.8 Å². The number of aryl methyl sites for hydroxylation is 1. The maximum Gasteiger partial charge on any atom is 0.228 e. The number of methoxy groups -OCH3 is 1. The van der Waals surface area contributed by atoms with Gasteiger partial charge in [0.2, 0.25) is 5.91 Å². The number of aromatic nitrogens is 4. The summed E-state index contributed by atoms with van der Waals surface area (Å²) in [5.74, 6) is 0.983. The van der Waals surface area contributed by atoms with E-state index in [4.69, 9.17) is 4.74 Å². The third-order valence-electron chi connectivity index (χ3n) is 6.42. The smallest absolute Gasteiger partial charge is 0.228 e. The highest BCUT2D eigenvalue weighted by atomic mass is 32.1. The minimum absolute atomic E-state index is 0.103. The molecule has 0 spiro atoms. The van der Waals surface area contributed by atoms with Gasteiger partial charge in [0.15, 0.2) is 0 Å². The molecule has 1 amide bonds. The van der Waals surface area contributed by atoms with Crippen molar-refractivity contribution in [1.82, 2.24) is 25.1 Å². The van der Waals surface area contributed by atoms with Gasteiger partial charge in [-0.2, -0.15) is 5.10 Å². The molecule has 0 saturated heterocycles. The normalized spacial score (nSPS) is 22.6. The number of hydrogen-bond acceptors (Lipinski definition) is 7. The lowest BCUT2D eigenvalue weighted by Crippen LogP contribution is -2.41. The van der Waals surface area contributed by atoms with Crippen molar-refractivity contribution in [3.05, 3.63) is 39.9 Å². The molecule has 0 fully saturated rings. The van der Waals surface area contributed by atoms with E-state index in [-0.39, 0.29) is 17.4 Å². The van der Waals surface area contributed by atoms with Gasteiger partial charge in [-0.05, 0) is 30.9 Å². The Kier molecular flexibility index (Phi) is 4.82. The molecule has 0 saturated carbocycles. The second-order valence-corrected chi connectivity index (χ2v) is 9.88. The molecule has 0 aromatic carbocycles. The molecule has 0 radical (unpaired) electrons. The zero-order chi connectivity index (χ0) is 21.8. The van der Waals surface area contributed by atoms with Crippen molar-refractivity contribution in [3.8, 4) is 0 Å². The summed E-state index contributed by atoms with van der Waals surface area (Å²) in [6.45, 7) is 2.08. The van der Waals surface area contributed by atoms with E-state index in [0.717, 1.165) is 58.7 Å². The van der Waals surface area contributed by atoms with Crippen LogP contribution in [0.2, 0.25) is 0 Å². The Balaban J connectivity index is 1.52. The van der Waals surface area contributed by atoms with Crippen molar-refractivity contribution in [3.63, 3.8) is 0 Å². The summed E-state index contributed by atoms with van der Waals surface area (Å²) in [4.78, 5) is 25.8. The molecule has 9 heteroatoms. The molecule has 8 nitrogen and oxygen atoms in total. The van der Waals surface area contributed by atoms with Crippen molar-refractivity contribution in [2.75, 3.05) is 26.5 Å². The molecule has 2 aliphatic carbocycles. The van der Waals surface area contributed by atoms with Gasteiger partial charge >= 0.3 is 0 Å². The van der Waals surface area contributed by atoms with Gasteiger partial charge in [-0.3, -0.25) is 9.89 Å². The lowest BCUT2D eigenvalue weighted by molar-refractivity contribution is -0.139. The molecular formula is C22H26N6O2S. The summed E-state index contributed by atoms with van der Waals surface area (Å²) in [6, 6.07) is 0. The maximum atomic E-state index is 12.8. The standard InChI is InChI=1S/C22H26N6O2S/c1-22(21(29)28(2)3)6-5-13-17(9-22)31-20-18(13)19(23-11-24-20)26-15-7-12-10-25-27-14(12)8-16(15)30-4/h7,10-11,16H,5-6,8-9H2,1-4H3,(H,25,27)(H,23,24,26)/t16?,22-/m0/s1.